The van der Waals surface area contributed by atoms with E-state index in [1.54, 1.807) is 17.0 Å². The molecule has 0 spiro atoms. The molecule has 1 aromatic carbocycles. The molecule has 0 bridgehead atoms. The fourth-order valence-corrected chi connectivity index (χ4v) is 4.89. The van der Waals surface area contributed by atoms with Crippen molar-refractivity contribution < 1.29 is 18.0 Å². The molecule has 0 unspecified atom stereocenters. The SMILES string of the molecule is CCN1CCCC2=C(C1)C(C(=O)N1CCC(c3ccccc3C(F)(F)F)CC1)=NC2. The van der Waals surface area contributed by atoms with Crippen LogP contribution in [0, 0.1) is 0 Å². The first kappa shape index (κ1) is 21.1. The highest BCUT2D eigenvalue weighted by Crippen LogP contribution is 2.38. The second kappa shape index (κ2) is 8.53. The number of rotatable bonds is 3. The van der Waals surface area contributed by atoms with E-state index >= 15 is 0 Å². The zero-order chi connectivity index (χ0) is 21.3. The van der Waals surface area contributed by atoms with Crippen LogP contribution in [0.3, 0.4) is 0 Å². The molecule has 1 fully saturated rings. The summed E-state index contributed by atoms with van der Waals surface area (Å²) in [5, 5.41) is 0. The van der Waals surface area contributed by atoms with Crippen molar-refractivity contribution in [2.45, 2.75) is 44.7 Å². The third-order valence-corrected chi connectivity index (χ3v) is 6.61. The van der Waals surface area contributed by atoms with E-state index < -0.39 is 11.7 Å². The predicted molar refractivity (Wildman–Crippen MR) is 111 cm³/mol. The summed E-state index contributed by atoms with van der Waals surface area (Å²) in [5.41, 5.74) is 2.75. The molecule has 162 valence electrons. The number of likely N-dealkylation sites (tertiary alicyclic amines) is 1. The average Bonchev–Trinajstić information content (AvgIpc) is 3.02. The van der Waals surface area contributed by atoms with Gasteiger partial charge in [0.15, 0.2) is 0 Å². The fraction of sp³-hybridized carbons (Fsp3) is 0.565. The minimum absolute atomic E-state index is 0.0551. The van der Waals surface area contributed by atoms with Crippen LogP contribution in [-0.2, 0) is 11.0 Å². The van der Waals surface area contributed by atoms with Crippen LogP contribution >= 0.6 is 0 Å². The lowest BCUT2D eigenvalue weighted by atomic mass is 9.86. The van der Waals surface area contributed by atoms with Crippen LogP contribution in [0.15, 0.2) is 40.4 Å². The molecule has 0 atom stereocenters. The molecule has 0 saturated carbocycles. The van der Waals surface area contributed by atoms with E-state index in [2.05, 4.69) is 16.8 Å². The van der Waals surface area contributed by atoms with Crippen molar-refractivity contribution in [2.24, 2.45) is 4.99 Å². The lowest BCUT2D eigenvalue weighted by Gasteiger charge is -2.33. The average molecular weight is 419 g/mol. The highest BCUT2D eigenvalue weighted by Gasteiger charge is 2.37. The van der Waals surface area contributed by atoms with Gasteiger partial charge in [0.25, 0.3) is 5.91 Å². The number of piperidine rings is 1. The molecule has 30 heavy (non-hydrogen) atoms. The maximum atomic E-state index is 13.4. The van der Waals surface area contributed by atoms with E-state index in [4.69, 9.17) is 0 Å². The zero-order valence-electron chi connectivity index (χ0n) is 17.3. The van der Waals surface area contributed by atoms with Crippen LogP contribution in [0.4, 0.5) is 13.2 Å². The lowest BCUT2D eigenvalue weighted by Crippen LogP contribution is -2.43. The molecule has 1 amide bonds. The second-order valence-electron chi connectivity index (χ2n) is 8.37. The van der Waals surface area contributed by atoms with Crippen molar-refractivity contribution in [1.82, 2.24) is 9.80 Å². The quantitative estimate of drug-likeness (QED) is 0.733. The first-order valence-corrected chi connectivity index (χ1v) is 10.8. The zero-order valence-corrected chi connectivity index (χ0v) is 17.3. The highest BCUT2D eigenvalue weighted by molar-refractivity contribution is 6.46. The van der Waals surface area contributed by atoms with Gasteiger partial charge >= 0.3 is 6.18 Å². The molecule has 3 heterocycles. The Morgan fingerprint density at radius 1 is 1.17 bits per heavy atom. The Bertz CT molecular complexity index is 867. The Labute approximate surface area is 175 Å². The summed E-state index contributed by atoms with van der Waals surface area (Å²) in [6.45, 7) is 6.43. The third-order valence-electron chi connectivity index (χ3n) is 6.61. The number of carbonyl (C=O) groups excluding carboxylic acids is 1. The number of alkyl halides is 3. The maximum absolute atomic E-state index is 13.4. The predicted octanol–water partition coefficient (Wildman–Crippen LogP) is 4.28. The standard InChI is InChI=1S/C23H28F3N3O/c1-2-28-11-5-6-17-14-27-21(19(17)15-28)22(30)29-12-9-16(10-13-29)18-7-3-4-8-20(18)23(24,25)26/h3-4,7-8,16H,2,5-6,9-15H2,1H3. The number of benzene rings is 1. The molecule has 0 N–H and O–H groups in total. The van der Waals surface area contributed by atoms with E-state index in [-0.39, 0.29) is 11.8 Å². The Morgan fingerprint density at radius 2 is 1.90 bits per heavy atom. The first-order valence-electron chi connectivity index (χ1n) is 10.8. The number of carbonyl (C=O) groups is 1. The van der Waals surface area contributed by atoms with Crippen molar-refractivity contribution in [3.05, 3.63) is 46.5 Å². The van der Waals surface area contributed by atoms with Crippen LogP contribution in [0.25, 0.3) is 0 Å². The van der Waals surface area contributed by atoms with E-state index in [1.165, 1.54) is 11.6 Å². The Hall–Kier alpha value is -2.15. The molecular formula is C23H28F3N3O. The van der Waals surface area contributed by atoms with E-state index in [0.29, 0.717) is 43.8 Å². The molecule has 3 aliphatic rings. The van der Waals surface area contributed by atoms with Gasteiger partial charge in [0.2, 0.25) is 0 Å². The van der Waals surface area contributed by atoms with Crippen molar-refractivity contribution in [3.63, 3.8) is 0 Å². The largest absolute Gasteiger partial charge is 0.416 e. The normalized spacial score (nSPS) is 21.5. The molecule has 3 aliphatic heterocycles. The summed E-state index contributed by atoms with van der Waals surface area (Å²) in [5.74, 6) is -0.235. The van der Waals surface area contributed by atoms with Crippen LogP contribution < -0.4 is 0 Å². The molecule has 4 nitrogen and oxygen atoms in total. The van der Waals surface area contributed by atoms with Gasteiger partial charge in [0.05, 0.1) is 12.1 Å². The van der Waals surface area contributed by atoms with Gasteiger partial charge in [0.1, 0.15) is 5.71 Å². The summed E-state index contributed by atoms with van der Waals surface area (Å²) in [7, 11) is 0. The summed E-state index contributed by atoms with van der Waals surface area (Å²) in [6, 6.07) is 5.82. The summed E-state index contributed by atoms with van der Waals surface area (Å²) in [6.07, 6.45) is -1.19. The number of aliphatic imine (C=N–C) groups is 1. The first-order chi connectivity index (χ1) is 14.4. The second-order valence-corrected chi connectivity index (χ2v) is 8.37. The minimum Gasteiger partial charge on any atom is -0.337 e. The Balaban J connectivity index is 1.44. The van der Waals surface area contributed by atoms with Crippen molar-refractivity contribution >= 4 is 11.6 Å². The minimum atomic E-state index is -4.35. The van der Waals surface area contributed by atoms with Crippen molar-refractivity contribution in [3.8, 4) is 0 Å². The summed E-state index contributed by atoms with van der Waals surface area (Å²) < 4.78 is 40.1. The number of hydrogen-bond donors (Lipinski definition) is 0. The number of hydrogen-bond acceptors (Lipinski definition) is 3. The van der Waals surface area contributed by atoms with Crippen LogP contribution in [0.5, 0.6) is 0 Å². The molecule has 1 aromatic rings. The van der Waals surface area contributed by atoms with Gasteiger partial charge in [-0.2, -0.15) is 13.2 Å². The van der Waals surface area contributed by atoms with E-state index in [1.807, 2.05) is 0 Å². The molecule has 0 aromatic heterocycles. The number of nitrogens with zero attached hydrogens (tertiary/aromatic N) is 3. The summed E-state index contributed by atoms with van der Waals surface area (Å²) in [4.78, 5) is 21.9. The Morgan fingerprint density at radius 3 is 2.60 bits per heavy atom. The van der Waals surface area contributed by atoms with Crippen LogP contribution in [0.1, 0.15) is 49.7 Å². The number of halogens is 3. The molecule has 1 saturated heterocycles. The van der Waals surface area contributed by atoms with Crippen LogP contribution in [0.2, 0.25) is 0 Å². The third kappa shape index (κ3) is 4.17. The van der Waals surface area contributed by atoms with Crippen molar-refractivity contribution in [1.29, 1.82) is 0 Å². The van der Waals surface area contributed by atoms with E-state index in [0.717, 1.165) is 44.1 Å². The van der Waals surface area contributed by atoms with Gasteiger partial charge in [-0.15, -0.1) is 0 Å². The van der Waals surface area contributed by atoms with Gasteiger partial charge in [-0.25, -0.2) is 0 Å². The topological polar surface area (TPSA) is 35.9 Å². The summed E-state index contributed by atoms with van der Waals surface area (Å²) >= 11 is 0. The molecule has 0 radical (unpaired) electrons. The highest BCUT2D eigenvalue weighted by atomic mass is 19.4. The number of amides is 1. The fourth-order valence-electron chi connectivity index (χ4n) is 4.89. The van der Waals surface area contributed by atoms with Gasteiger partial charge in [-0.1, -0.05) is 25.1 Å². The Kier molecular flexibility index (Phi) is 6.00. The van der Waals surface area contributed by atoms with Gasteiger partial charge in [0, 0.05) is 19.6 Å². The number of likely N-dealkylation sites (N-methyl/N-ethyl adjacent to an activating group) is 1. The lowest BCUT2D eigenvalue weighted by molar-refractivity contribution is -0.138. The van der Waals surface area contributed by atoms with Gasteiger partial charge in [-0.3, -0.25) is 14.7 Å². The monoisotopic (exact) mass is 419 g/mol. The molecule has 4 rings (SSSR count). The van der Waals surface area contributed by atoms with Crippen LogP contribution in [-0.4, -0.2) is 60.7 Å². The molecule has 0 aliphatic carbocycles. The molecular weight excluding hydrogens is 391 g/mol. The molecule has 7 heteroatoms. The van der Waals surface area contributed by atoms with Gasteiger partial charge in [-0.05, 0) is 67.5 Å². The van der Waals surface area contributed by atoms with Crippen molar-refractivity contribution in [2.75, 3.05) is 39.3 Å². The smallest absolute Gasteiger partial charge is 0.337 e. The maximum Gasteiger partial charge on any atom is 0.416 e. The van der Waals surface area contributed by atoms with E-state index in [9.17, 15) is 18.0 Å². The van der Waals surface area contributed by atoms with Gasteiger partial charge < -0.3 is 4.90 Å².